The van der Waals surface area contributed by atoms with Crippen LogP contribution in [0.5, 0.6) is 0 Å². The Kier molecular flexibility index (Phi) is 3.97. The zero-order chi connectivity index (χ0) is 13.0. The van der Waals surface area contributed by atoms with Crippen LogP contribution in [0.1, 0.15) is 31.7 Å². The van der Waals surface area contributed by atoms with E-state index in [4.69, 9.17) is 0 Å². The highest BCUT2D eigenvalue weighted by Gasteiger charge is 2.30. The fourth-order valence-corrected chi connectivity index (χ4v) is 2.47. The number of nitrogens with one attached hydrogen (secondary N) is 1. The van der Waals surface area contributed by atoms with E-state index in [2.05, 4.69) is 12.2 Å². The molecule has 4 heteroatoms. The minimum atomic E-state index is -0.303. The average molecular weight is 248 g/mol. The zero-order valence-corrected chi connectivity index (χ0v) is 10.8. The van der Waals surface area contributed by atoms with Crippen molar-refractivity contribution < 1.29 is 4.92 Å². The Hall–Kier alpha value is -1.42. The number of para-hydroxylation sites is 1. The highest BCUT2D eigenvalue weighted by molar-refractivity contribution is 5.39. The lowest BCUT2D eigenvalue weighted by Crippen LogP contribution is -2.38. The van der Waals surface area contributed by atoms with Gasteiger partial charge in [0, 0.05) is 18.2 Å². The van der Waals surface area contributed by atoms with Crippen LogP contribution < -0.4 is 5.32 Å². The van der Waals surface area contributed by atoms with E-state index >= 15 is 0 Å². The van der Waals surface area contributed by atoms with Crippen molar-refractivity contribution in [2.24, 2.45) is 5.41 Å². The van der Waals surface area contributed by atoms with Crippen molar-refractivity contribution in [1.29, 1.82) is 0 Å². The van der Waals surface area contributed by atoms with Crippen LogP contribution in [0.4, 0.5) is 5.69 Å². The van der Waals surface area contributed by atoms with E-state index in [0.29, 0.717) is 11.8 Å². The van der Waals surface area contributed by atoms with Gasteiger partial charge in [-0.25, -0.2) is 0 Å². The summed E-state index contributed by atoms with van der Waals surface area (Å²) in [7, 11) is 0. The van der Waals surface area contributed by atoms with Gasteiger partial charge in [0.2, 0.25) is 0 Å². The molecule has 1 aromatic carbocycles. The Morgan fingerprint density at radius 2 is 2.11 bits per heavy atom. The van der Waals surface area contributed by atoms with Gasteiger partial charge in [-0.15, -0.1) is 0 Å². The van der Waals surface area contributed by atoms with E-state index in [9.17, 15) is 10.1 Å². The SMILES string of the molecule is CC1(CNCCc2ccccc2[N+](=O)[O-])CCC1. The van der Waals surface area contributed by atoms with Gasteiger partial charge < -0.3 is 5.32 Å². The number of rotatable bonds is 6. The fourth-order valence-electron chi connectivity index (χ4n) is 2.47. The standard InChI is InChI=1S/C14H20N2O2/c1-14(8-4-9-14)11-15-10-7-12-5-2-3-6-13(12)16(17)18/h2-3,5-6,15H,4,7-11H2,1H3. The van der Waals surface area contributed by atoms with Crippen molar-refractivity contribution in [2.75, 3.05) is 13.1 Å². The Balaban J connectivity index is 1.81. The first-order valence-electron chi connectivity index (χ1n) is 6.54. The van der Waals surface area contributed by atoms with E-state index in [0.717, 1.165) is 18.7 Å². The lowest BCUT2D eigenvalue weighted by atomic mass is 9.70. The van der Waals surface area contributed by atoms with Gasteiger partial charge in [-0.3, -0.25) is 10.1 Å². The lowest BCUT2D eigenvalue weighted by Gasteiger charge is -2.38. The van der Waals surface area contributed by atoms with E-state index in [1.165, 1.54) is 19.3 Å². The highest BCUT2D eigenvalue weighted by Crippen LogP contribution is 2.39. The van der Waals surface area contributed by atoms with Gasteiger partial charge in [0.25, 0.3) is 5.69 Å². The second-order valence-corrected chi connectivity index (χ2v) is 5.48. The van der Waals surface area contributed by atoms with Crippen LogP contribution in [0.25, 0.3) is 0 Å². The summed E-state index contributed by atoms with van der Waals surface area (Å²) in [4.78, 5) is 10.6. The van der Waals surface area contributed by atoms with Gasteiger partial charge in [0.15, 0.2) is 0 Å². The molecule has 98 valence electrons. The molecule has 4 nitrogen and oxygen atoms in total. The molecule has 1 saturated carbocycles. The van der Waals surface area contributed by atoms with Crippen LogP contribution in [0.3, 0.4) is 0 Å². The van der Waals surface area contributed by atoms with Crippen LogP contribution in [0.15, 0.2) is 24.3 Å². The summed E-state index contributed by atoms with van der Waals surface area (Å²) >= 11 is 0. The third-order valence-electron chi connectivity index (χ3n) is 3.87. The maximum atomic E-state index is 10.9. The molecule has 1 aliphatic carbocycles. The molecule has 1 aromatic rings. The van der Waals surface area contributed by atoms with Crippen LogP contribution in [-0.4, -0.2) is 18.0 Å². The van der Waals surface area contributed by atoms with E-state index in [1.807, 2.05) is 12.1 Å². The van der Waals surface area contributed by atoms with Crippen molar-refractivity contribution in [2.45, 2.75) is 32.6 Å². The molecular formula is C14H20N2O2. The van der Waals surface area contributed by atoms with Crippen LogP contribution >= 0.6 is 0 Å². The summed E-state index contributed by atoms with van der Waals surface area (Å²) in [5.41, 5.74) is 1.51. The quantitative estimate of drug-likeness (QED) is 0.478. The van der Waals surface area contributed by atoms with E-state index in [1.54, 1.807) is 12.1 Å². The number of hydrogen-bond donors (Lipinski definition) is 1. The molecule has 0 radical (unpaired) electrons. The zero-order valence-electron chi connectivity index (χ0n) is 10.8. The van der Waals surface area contributed by atoms with Gasteiger partial charge in [-0.1, -0.05) is 31.5 Å². The van der Waals surface area contributed by atoms with Gasteiger partial charge in [-0.2, -0.15) is 0 Å². The van der Waals surface area contributed by atoms with Crippen molar-refractivity contribution >= 4 is 5.69 Å². The van der Waals surface area contributed by atoms with Crippen molar-refractivity contribution in [1.82, 2.24) is 5.32 Å². The first kappa shape index (κ1) is 13.0. The summed E-state index contributed by atoms with van der Waals surface area (Å²) in [5.74, 6) is 0. The maximum Gasteiger partial charge on any atom is 0.272 e. The summed E-state index contributed by atoms with van der Waals surface area (Å²) in [6, 6.07) is 6.98. The third-order valence-corrected chi connectivity index (χ3v) is 3.87. The molecular weight excluding hydrogens is 228 g/mol. The van der Waals surface area contributed by atoms with E-state index in [-0.39, 0.29) is 10.6 Å². The molecule has 18 heavy (non-hydrogen) atoms. The van der Waals surface area contributed by atoms with Gasteiger partial charge in [-0.05, 0) is 31.2 Å². The minimum Gasteiger partial charge on any atom is -0.316 e. The third kappa shape index (κ3) is 3.07. The first-order valence-corrected chi connectivity index (χ1v) is 6.54. The van der Waals surface area contributed by atoms with Crippen LogP contribution in [0.2, 0.25) is 0 Å². The molecule has 0 atom stereocenters. The number of nitro groups is 1. The summed E-state index contributed by atoms with van der Waals surface area (Å²) in [6.45, 7) is 4.13. The smallest absolute Gasteiger partial charge is 0.272 e. The van der Waals surface area contributed by atoms with Crippen LogP contribution in [0, 0.1) is 15.5 Å². The van der Waals surface area contributed by atoms with Gasteiger partial charge in [0.05, 0.1) is 4.92 Å². The molecule has 1 fully saturated rings. The first-order chi connectivity index (χ1) is 8.61. The molecule has 0 aliphatic heterocycles. The number of benzene rings is 1. The summed E-state index contributed by atoms with van der Waals surface area (Å²) in [5, 5.41) is 14.3. The number of hydrogen-bond acceptors (Lipinski definition) is 3. The molecule has 1 aliphatic rings. The second-order valence-electron chi connectivity index (χ2n) is 5.48. The fraction of sp³-hybridized carbons (Fsp3) is 0.571. The topological polar surface area (TPSA) is 55.2 Å². The molecule has 0 bridgehead atoms. The average Bonchev–Trinajstić information content (AvgIpc) is 2.33. The Morgan fingerprint density at radius 3 is 2.72 bits per heavy atom. The molecule has 1 N–H and O–H groups in total. The largest absolute Gasteiger partial charge is 0.316 e. The van der Waals surface area contributed by atoms with Gasteiger partial charge in [0.1, 0.15) is 0 Å². The molecule has 0 saturated heterocycles. The Labute approximate surface area is 108 Å². The van der Waals surface area contributed by atoms with Crippen LogP contribution in [-0.2, 0) is 6.42 Å². The molecule has 0 heterocycles. The summed E-state index contributed by atoms with van der Waals surface area (Å²) in [6.07, 6.45) is 4.65. The second kappa shape index (κ2) is 5.48. The normalized spacial score (nSPS) is 17.2. The van der Waals surface area contributed by atoms with Gasteiger partial charge >= 0.3 is 0 Å². The predicted molar refractivity (Wildman–Crippen MR) is 71.6 cm³/mol. The minimum absolute atomic E-state index is 0.231. The Bertz CT molecular complexity index is 428. The van der Waals surface area contributed by atoms with E-state index < -0.39 is 0 Å². The maximum absolute atomic E-state index is 10.9. The lowest BCUT2D eigenvalue weighted by molar-refractivity contribution is -0.385. The number of nitro benzene ring substituents is 1. The molecule has 0 aromatic heterocycles. The molecule has 0 amide bonds. The van der Waals surface area contributed by atoms with Crippen molar-refractivity contribution in [3.05, 3.63) is 39.9 Å². The highest BCUT2D eigenvalue weighted by atomic mass is 16.6. The molecule has 0 spiro atoms. The summed E-state index contributed by atoms with van der Waals surface area (Å²) < 4.78 is 0. The Morgan fingerprint density at radius 1 is 1.39 bits per heavy atom. The predicted octanol–water partition coefficient (Wildman–Crippen LogP) is 2.92. The van der Waals surface area contributed by atoms with Crippen molar-refractivity contribution in [3.63, 3.8) is 0 Å². The molecule has 2 rings (SSSR count). The molecule has 0 unspecified atom stereocenters. The number of nitrogens with zero attached hydrogens (tertiary/aromatic N) is 1. The monoisotopic (exact) mass is 248 g/mol. The van der Waals surface area contributed by atoms with Crippen molar-refractivity contribution in [3.8, 4) is 0 Å².